The van der Waals surface area contributed by atoms with Crippen molar-refractivity contribution in [2.24, 2.45) is 0 Å². The van der Waals surface area contributed by atoms with E-state index in [-0.39, 0.29) is 5.56 Å². The average molecular weight is 281 g/mol. The molecule has 1 amide bonds. The van der Waals surface area contributed by atoms with Crippen molar-refractivity contribution in [2.75, 3.05) is 5.32 Å². The van der Waals surface area contributed by atoms with E-state index in [2.05, 4.69) is 15.3 Å². The maximum atomic E-state index is 13.5. The lowest BCUT2D eigenvalue weighted by Gasteiger charge is -2.10. The number of aryl methyl sites for hydroxylation is 1. The van der Waals surface area contributed by atoms with Crippen LogP contribution in [0, 0.1) is 12.9 Å². The molecule has 0 radical (unpaired) electrons. The van der Waals surface area contributed by atoms with Gasteiger partial charge in [-0.25, -0.2) is 4.98 Å². The van der Waals surface area contributed by atoms with E-state index in [0.29, 0.717) is 5.69 Å². The van der Waals surface area contributed by atoms with Crippen LogP contribution in [0.4, 0.5) is 10.1 Å². The van der Waals surface area contributed by atoms with E-state index in [1.165, 1.54) is 18.3 Å². The number of nitrogens with one attached hydrogen (secondary N) is 1. The summed E-state index contributed by atoms with van der Waals surface area (Å²) in [5.74, 6) is -1.32. The van der Waals surface area contributed by atoms with Crippen molar-refractivity contribution in [1.29, 1.82) is 0 Å². The third-order valence-electron chi connectivity index (χ3n) is 3.22. The van der Waals surface area contributed by atoms with Crippen LogP contribution in [0.25, 0.3) is 10.9 Å². The molecule has 0 aliphatic heterocycles. The number of hydrogen-bond acceptors (Lipinski definition) is 3. The van der Waals surface area contributed by atoms with Crippen LogP contribution in [0.2, 0.25) is 0 Å². The van der Waals surface area contributed by atoms with Crippen LogP contribution in [0.15, 0.2) is 48.8 Å². The molecule has 1 N–H and O–H groups in total. The summed E-state index contributed by atoms with van der Waals surface area (Å²) < 4.78 is 13.5. The van der Waals surface area contributed by atoms with Crippen LogP contribution in [-0.4, -0.2) is 15.9 Å². The minimum Gasteiger partial charge on any atom is -0.321 e. The van der Waals surface area contributed by atoms with Crippen LogP contribution in [0.1, 0.15) is 15.9 Å². The fraction of sp³-hybridized carbons (Fsp3) is 0.0625. The largest absolute Gasteiger partial charge is 0.321 e. The number of carbonyl (C=O) groups excluding carboxylic acids is 1. The number of benzene rings is 1. The molecular weight excluding hydrogens is 269 g/mol. The molecule has 0 spiro atoms. The molecule has 4 nitrogen and oxygen atoms in total. The summed E-state index contributed by atoms with van der Waals surface area (Å²) in [6, 6.07) is 10.2. The van der Waals surface area contributed by atoms with E-state index in [0.717, 1.165) is 16.5 Å². The molecule has 5 heteroatoms. The summed E-state index contributed by atoms with van der Waals surface area (Å²) in [6.45, 7) is 1.95. The second-order valence-electron chi connectivity index (χ2n) is 4.63. The van der Waals surface area contributed by atoms with E-state index in [9.17, 15) is 9.18 Å². The summed E-state index contributed by atoms with van der Waals surface area (Å²) in [7, 11) is 0. The number of nitrogens with zero attached hydrogens (tertiary/aromatic N) is 2. The normalized spacial score (nSPS) is 10.6. The highest BCUT2D eigenvalue weighted by Crippen LogP contribution is 2.25. The van der Waals surface area contributed by atoms with Crippen molar-refractivity contribution in [3.8, 4) is 0 Å². The summed E-state index contributed by atoms with van der Waals surface area (Å²) in [4.78, 5) is 19.9. The van der Waals surface area contributed by atoms with E-state index < -0.39 is 11.9 Å². The monoisotopic (exact) mass is 281 g/mol. The lowest BCUT2D eigenvalue weighted by atomic mass is 10.1. The highest BCUT2D eigenvalue weighted by Gasteiger charge is 2.14. The minimum absolute atomic E-state index is 0.0879. The third-order valence-corrected chi connectivity index (χ3v) is 3.22. The zero-order valence-corrected chi connectivity index (χ0v) is 11.3. The van der Waals surface area contributed by atoms with Crippen molar-refractivity contribution >= 4 is 22.5 Å². The standard InChI is InChI=1S/C16H12FN3O/c1-10-6-7-13(11-4-2-8-18-14(10)11)20-16(21)12-5-3-9-19-15(12)17/h2-9H,1H3,(H,20,21). The Morgan fingerprint density at radius 3 is 2.67 bits per heavy atom. The van der Waals surface area contributed by atoms with E-state index in [4.69, 9.17) is 0 Å². The zero-order chi connectivity index (χ0) is 14.8. The van der Waals surface area contributed by atoms with Crippen molar-refractivity contribution in [2.45, 2.75) is 6.92 Å². The van der Waals surface area contributed by atoms with Gasteiger partial charge in [0.15, 0.2) is 0 Å². The molecule has 1 aromatic carbocycles. The van der Waals surface area contributed by atoms with Gasteiger partial charge in [-0.2, -0.15) is 4.39 Å². The number of aromatic nitrogens is 2. The molecule has 3 aromatic rings. The van der Waals surface area contributed by atoms with Gasteiger partial charge >= 0.3 is 0 Å². The molecule has 0 aliphatic carbocycles. The zero-order valence-electron chi connectivity index (χ0n) is 11.3. The molecule has 0 bridgehead atoms. The SMILES string of the molecule is Cc1ccc(NC(=O)c2cccnc2F)c2cccnc12. The molecule has 21 heavy (non-hydrogen) atoms. The molecule has 0 aliphatic rings. The highest BCUT2D eigenvalue weighted by molar-refractivity contribution is 6.09. The molecule has 0 atom stereocenters. The molecule has 0 saturated carbocycles. The smallest absolute Gasteiger partial charge is 0.260 e. The van der Waals surface area contributed by atoms with Crippen LogP contribution in [-0.2, 0) is 0 Å². The van der Waals surface area contributed by atoms with E-state index >= 15 is 0 Å². The van der Waals surface area contributed by atoms with Gasteiger partial charge in [-0.1, -0.05) is 6.07 Å². The second kappa shape index (κ2) is 5.28. The number of amides is 1. The van der Waals surface area contributed by atoms with Crippen LogP contribution in [0.5, 0.6) is 0 Å². The highest BCUT2D eigenvalue weighted by atomic mass is 19.1. The van der Waals surface area contributed by atoms with Gasteiger partial charge in [0.2, 0.25) is 5.95 Å². The molecule has 3 rings (SSSR count). The Balaban J connectivity index is 2.01. The van der Waals surface area contributed by atoms with Gasteiger partial charge in [0.05, 0.1) is 16.8 Å². The fourth-order valence-electron chi connectivity index (χ4n) is 2.17. The van der Waals surface area contributed by atoms with E-state index in [1.54, 1.807) is 18.3 Å². The quantitative estimate of drug-likeness (QED) is 0.733. The van der Waals surface area contributed by atoms with Gasteiger partial charge < -0.3 is 5.32 Å². The van der Waals surface area contributed by atoms with Crippen molar-refractivity contribution in [3.63, 3.8) is 0 Å². The third kappa shape index (κ3) is 2.45. The van der Waals surface area contributed by atoms with Crippen LogP contribution in [0.3, 0.4) is 0 Å². The summed E-state index contributed by atoms with van der Waals surface area (Å²) in [5.41, 5.74) is 2.32. The van der Waals surface area contributed by atoms with Crippen molar-refractivity contribution in [3.05, 3.63) is 65.9 Å². The Morgan fingerprint density at radius 1 is 1.10 bits per heavy atom. The predicted octanol–water partition coefficient (Wildman–Crippen LogP) is 3.33. The number of pyridine rings is 2. The van der Waals surface area contributed by atoms with Gasteiger partial charge in [-0.05, 0) is 42.8 Å². The number of hydrogen-bond donors (Lipinski definition) is 1. The molecule has 104 valence electrons. The summed E-state index contributed by atoms with van der Waals surface area (Å²) in [6.07, 6.45) is 3.00. The Morgan fingerprint density at radius 2 is 1.86 bits per heavy atom. The van der Waals surface area contributed by atoms with Crippen LogP contribution >= 0.6 is 0 Å². The van der Waals surface area contributed by atoms with Gasteiger partial charge in [0, 0.05) is 17.8 Å². The van der Waals surface area contributed by atoms with Gasteiger partial charge in [0.1, 0.15) is 0 Å². The summed E-state index contributed by atoms with van der Waals surface area (Å²) in [5, 5.41) is 3.53. The average Bonchev–Trinajstić information content (AvgIpc) is 2.51. The van der Waals surface area contributed by atoms with Gasteiger partial charge in [0.25, 0.3) is 5.91 Å². The van der Waals surface area contributed by atoms with Crippen molar-refractivity contribution in [1.82, 2.24) is 9.97 Å². The molecular formula is C16H12FN3O. The molecule has 0 saturated heterocycles. The predicted molar refractivity (Wildman–Crippen MR) is 78.6 cm³/mol. The summed E-state index contributed by atoms with van der Waals surface area (Å²) >= 11 is 0. The van der Waals surface area contributed by atoms with Crippen molar-refractivity contribution < 1.29 is 9.18 Å². The molecule has 2 heterocycles. The fourth-order valence-corrected chi connectivity index (χ4v) is 2.17. The number of fused-ring (bicyclic) bond motifs is 1. The first kappa shape index (κ1) is 13.2. The topological polar surface area (TPSA) is 54.9 Å². The number of halogens is 1. The maximum absolute atomic E-state index is 13.5. The first-order valence-corrected chi connectivity index (χ1v) is 6.43. The molecule has 2 aromatic heterocycles. The molecule has 0 unspecified atom stereocenters. The Bertz CT molecular complexity index is 833. The van der Waals surface area contributed by atoms with E-state index in [1.807, 2.05) is 19.1 Å². The first-order chi connectivity index (χ1) is 10.2. The Hall–Kier alpha value is -2.82. The number of rotatable bonds is 2. The second-order valence-corrected chi connectivity index (χ2v) is 4.63. The Kier molecular flexibility index (Phi) is 3.31. The lowest BCUT2D eigenvalue weighted by Crippen LogP contribution is -2.14. The van der Waals surface area contributed by atoms with Gasteiger partial charge in [-0.3, -0.25) is 9.78 Å². The number of anilines is 1. The Labute approximate surface area is 120 Å². The lowest BCUT2D eigenvalue weighted by molar-refractivity contribution is 0.102. The maximum Gasteiger partial charge on any atom is 0.260 e. The van der Waals surface area contributed by atoms with Gasteiger partial charge in [-0.15, -0.1) is 0 Å². The molecule has 0 fully saturated rings. The first-order valence-electron chi connectivity index (χ1n) is 6.43. The minimum atomic E-state index is -0.787. The number of carbonyl (C=O) groups is 1. The van der Waals surface area contributed by atoms with Crippen LogP contribution < -0.4 is 5.32 Å².